The number of aromatic nitrogens is 2. The van der Waals surface area contributed by atoms with Crippen molar-refractivity contribution >= 4 is 33.0 Å². The zero-order valence-electron chi connectivity index (χ0n) is 16.4. The number of hydrogen-bond acceptors (Lipinski definition) is 7. The third-order valence-electron chi connectivity index (χ3n) is 5.81. The zero-order chi connectivity index (χ0) is 21.1. The second-order valence-corrected chi connectivity index (χ2v) is 11.0. The number of likely N-dealkylation sites (tertiary alicyclic amines) is 1. The van der Waals surface area contributed by atoms with Crippen LogP contribution in [0.5, 0.6) is 0 Å². The number of rotatable bonds is 5. The molecule has 2 aliphatic heterocycles. The van der Waals surface area contributed by atoms with Crippen LogP contribution in [-0.4, -0.2) is 59.7 Å². The summed E-state index contributed by atoms with van der Waals surface area (Å²) in [5.41, 5.74) is 0.356. The van der Waals surface area contributed by atoms with E-state index in [2.05, 4.69) is 15.3 Å². The first-order valence-corrected chi connectivity index (χ1v) is 12.7. The Bertz CT molecular complexity index is 987. The van der Waals surface area contributed by atoms with Crippen molar-refractivity contribution in [2.45, 2.75) is 25.3 Å². The van der Waals surface area contributed by atoms with E-state index < -0.39 is 15.8 Å². The summed E-state index contributed by atoms with van der Waals surface area (Å²) in [5.74, 6) is -0.507. The van der Waals surface area contributed by atoms with Gasteiger partial charge in [-0.1, -0.05) is 6.07 Å². The van der Waals surface area contributed by atoms with Gasteiger partial charge in [0.1, 0.15) is 10.7 Å². The van der Waals surface area contributed by atoms with Crippen LogP contribution in [0.2, 0.25) is 0 Å². The molecule has 4 rings (SSSR count). The molecule has 2 aromatic rings. The van der Waals surface area contributed by atoms with Gasteiger partial charge in [0.15, 0.2) is 9.84 Å². The smallest absolute Gasteiger partial charge is 0.270 e. The lowest BCUT2D eigenvalue weighted by molar-refractivity contribution is -0.136. The topological polar surface area (TPSA) is 109 Å². The fraction of sp³-hybridized carbons (Fsp3) is 0.500. The number of sulfone groups is 1. The highest BCUT2D eigenvalue weighted by Gasteiger charge is 2.38. The lowest BCUT2D eigenvalue weighted by Gasteiger charge is -2.36. The number of nitrogens with one attached hydrogen (secondary N) is 1. The SMILES string of the molecule is O=C(NC(c1nccs1)C1CCN(C(=O)C2CCS(=O)(=O)C2)CC1)c1ccccn1. The van der Waals surface area contributed by atoms with Crippen molar-refractivity contribution < 1.29 is 18.0 Å². The van der Waals surface area contributed by atoms with Gasteiger partial charge in [0.25, 0.3) is 5.91 Å². The summed E-state index contributed by atoms with van der Waals surface area (Å²) in [6, 6.07) is 4.96. The van der Waals surface area contributed by atoms with Gasteiger partial charge < -0.3 is 10.2 Å². The third kappa shape index (κ3) is 4.70. The average Bonchev–Trinajstić information content (AvgIpc) is 3.42. The Morgan fingerprint density at radius 1 is 1.13 bits per heavy atom. The maximum absolute atomic E-state index is 12.7. The first kappa shape index (κ1) is 20.9. The summed E-state index contributed by atoms with van der Waals surface area (Å²) in [4.78, 5) is 35.7. The molecule has 2 fully saturated rings. The predicted octanol–water partition coefficient (Wildman–Crippen LogP) is 1.68. The molecule has 2 amide bonds. The number of hydrogen-bond donors (Lipinski definition) is 1. The number of nitrogens with zero attached hydrogens (tertiary/aromatic N) is 3. The Kier molecular flexibility index (Phi) is 6.14. The van der Waals surface area contributed by atoms with Gasteiger partial charge in [-0.2, -0.15) is 0 Å². The quantitative estimate of drug-likeness (QED) is 0.745. The van der Waals surface area contributed by atoms with Crippen LogP contribution in [0.4, 0.5) is 0 Å². The van der Waals surface area contributed by atoms with Crippen molar-refractivity contribution in [1.29, 1.82) is 0 Å². The minimum absolute atomic E-state index is 0.0341. The number of thiazole rings is 1. The minimum atomic E-state index is -3.08. The normalized spacial score (nSPS) is 22.5. The van der Waals surface area contributed by atoms with E-state index >= 15 is 0 Å². The Hall–Kier alpha value is -2.33. The molecule has 0 spiro atoms. The second kappa shape index (κ2) is 8.81. The number of carbonyl (C=O) groups excluding carboxylic acids is 2. The number of amides is 2. The molecule has 0 aromatic carbocycles. The van der Waals surface area contributed by atoms with Crippen molar-refractivity contribution in [2.24, 2.45) is 11.8 Å². The van der Waals surface area contributed by atoms with Crippen molar-refractivity contribution in [3.05, 3.63) is 46.7 Å². The lowest BCUT2D eigenvalue weighted by Crippen LogP contribution is -2.45. The number of carbonyl (C=O) groups is 2. The number of piperidine rings is 1. The molecule has 2 aromatic heterocycles. The van der Waals surface area contributed by atoms with Crippen LogP contribution < -0.4 is 5.32 Å². The molecule has 30 heavy (non-hydrogen) atoms. The molecule has 0 bridgehead atoms. The van der Waals surface area contributed by atoms with E-state index in [1.54, 1.807) is 35.5 Å². The van der Waals surface area contributed by atoms with Crippen molar-refractivity contribution in [2.75, 3.05) is 24.6 Å². The summed E-state index contributed by atoms with van der Waals surface area (Å²) >= 11 is 1.50. The molecule has 1 N–H and O–H groups in total. The van der Waals surface area contributed by atoms with Crippen LogP contribution in [0, 0.1) is 11.8 Å². The molecule has 160 valence electrons. The summed E-state index contributed by atoms with van der Waals surface area (Å²) in [6.07, 6.45) is 5.17. The van der Waals surface area contributed by atoms with E-state index in [1.807, 2.05) is 5.38 Å². The fourth-order valence-electron chi connectivity index (χ4n) is 4.18. The molecule has 2 unspecified atom stereocenters. The highest BCUT2D eigenvalue weighted by atomic mass is 32.2. The van der Waals surface area contributed by atoms with Crippen LogP contribution in [-0.2, 0) is 14.6 Å². The van der Waals surface area contributed by atoms with Gasteiger partial charge >= 0.3 is 0 Å². The Morgan fingerprint density at radius 3 is 2.53 bits per heavy atom. The first-order chi connectivity index (χ1) is 14.4. The molecule has 2 atom stereocenters. The molecule has 8 nitrogen and oxygen atoms in total. The fourth-order valence-corrected chi connectivity index (χ4v) is 6.70. The summed E-state index contributed by atoms with van der Waals surface area (Å²) in [7, 11) is -3.08. The van der Waals surface area contributed by atoms with E-state index in [4.69, 9.17) is 0 Å². The van der Waals surface area contributed by atoms with Gasteiger partial charge in [-0.25, -0.2) is 13.4 Å². The van der Waals surface area contributed by atoms with Gasteiger partial charge in [-0.3, -0.25) is 14.6 Å². The van der Waals surface area contributed by atoms with Gasteiger partial charge in [0.05, 0.1) is 23.5 Å². The molecule has 0 aliphatic carbocycles. The van der Waals surface area contributed by atoms with Crippen LogP contribution in [0.15, 0.2) is 36.0 Å². The Balaban J connectivity index is 1.41. The van der Waals surface area contributed by atoms with Gasteiger partial charge in [-0.15, -0.1) is 11.3 Å². The molecule has 4 heterocycles. The van der Waals surface area contributed by atoms with E-state index in [0.717, 1.165) is 17.8 Å². The predicted molar refractivity (Wildman–Crippen MR) is 113 cm³/mol. The molecule has 0 radical (unpaired) electrons. The lowest BCUT2D eigenvalue weighted by atomic mass is 9.88. The van der Waals surface area contributed by atoms with E-state index in [-0.39, 0.29) is 35.3 Å². The second-order valence-electron chi connectivity index (χ2n) is 7.80. The van der Waals surface area contributed by atoms with Crippen LogP contribution >= 0.6 is 11.3 Å². The van der Waals surface area contributed by atoms with E-state index in [0.29, 0.717) is 25.2 Å². The van der Waals surface area contributed by atoms with Gasteiger partial charge in [0, 0.05) is 30.9 Å². The third-order valence-corrected chi connectivity index (χ3v) is 8.43. The standard InChI is InChI=1S/C20H24N4O4S2/c25-18(16-3-1-2-7-21-16)23-17(19-22-8-11-29-19)14-4-9-24(10-5-14)20(26)15-6-12-30(27,28)13-15/h1-3,7-8,11,14-15,17H,4-6,9-10,12-13H2,(H,23,25). The molecule has 2 saturated heterocycles. The van der Waals surface area contributed by atoms with Crippen molar-refractivity contribution in [3.63, 3.8) is 0 Å². The van der Waals surface area contributed by atoms with Crippen LogP contribution in [0.25, 0.3) is 0 Å². The highest BCUT2D eigenvalue weighted by molar-refractivity contribution is 7.91. The Morgan fingerprint density at radius 2 is 1.93 bits per heavy atom. The maximum Gasteiger partial charge on any atom is 0.270 e. The van der Waals surface area contributed by atoms with Gasteiger partial charge in [0.2, 0.25) is 5.91 Å². The largest absolute Gasteiger partial charge is 0.342 e. The molecule has 10 heteroatoms. The maximum atomic E-state index is 12.7. The molecular formula is C20H24N4O4S2. The highest BCUT2D eigenvalue weighted by Crippen LogP contribution is 2.33. The first-order valence-electron chi connectivity index (χ1n) is 10.0. The van der Waals surface area contributed by atoms with Crippen molar-refractivity contribution in [3.8, 4) is 0 Å². The molecular weight excluding hydrogens is 424 g/mol. The summed E-state index contributed by atoms with van der Waals surface area (Å²) < 4.78 is 23.4. The summed E-state index contributed by atoms with van der Waals surface area (Å²) in [5, 5.41) is 5.80. The molecule has 0 saturated carbocycles. The molecule has 2 aliphatic rings. The Labute approximate surface area is 179 Å². The van der Waals surface area contributed by atoms with Crippen molar-refractivity contribution in [1.82, 2.24) is 20.2 Å². The van der Waals surface area contributed by atoms with Crippen LogP contribution in [0.3, 0.4) is 0 Å². The van der Waals surface area contributed by atoms with Gasteiger partial charge in [-0.05, 0) is 37.3 Å². The summed E-state index contributed by atoms with van der Waals surface area (Å²) in [6.45, 7) is 1.11. The zero-order valence-corrected chi connectivity index (χ0v) is 18.1. The van der Waals surface area contributed by atoms with E-state index in [9.17, 15) is 18.0 Å². The monoisotopic (exact) mass is 448 g/mol. The minimum Gasteiger partial charge on any atom is -0.342 e. The number of pyridine rings is 1. The average molecular weight is 449 g/mol. The van der Waals surface area contributed by atoms with Crippen LogP contribution in [0.1, 0.15) is 40.8 Å². The van der Waals surface area contributed by atoms with E-state index in [1.165, 1.54) is 11.3 Å².